The van der Waals surface area contributed by atoms with Crippen LogP contribution in [-0.2, 0) is 0 Å². The number of rotatable bonds is 4. The molecule has 0 aliphatic carbocycles. The van der Waals surface area contributed by atoms with E-state index in [0.29, 0.717) is 12.5 Å². The second kappa shape index (κ2) is 5.10. The summed E-state index contributed by atoms with van der Waals surface area (Å²) >= 11 is 0. The van der Waals surface area contributed by atoms with E-state index >= 15 is 0 Å². The van der Waals surface area contributed by atoms with E-state index in [1.165, 1.54) is 12.8 Å². The fourth-order valence-corrected chi connectivity index (χ4v) is 0.595. The minimum atomic E-state index is 0.569. The molecule has 0 amide bonds. The molecule has 0 spiro atoms. The van der Waals surface area contributed by atoms with Crippen molar-refractivity contribution in [3.8, 4) is 0 Å². The zero-order valence-corrected chi connectivity index (χ0v) is 5.61. The molecule has 8 heavy (non-hydrogen) atoms. The van der Waals surface area contributed by atoms with Crippen molar-refractivity contribution in [1.29, 1.82) is 0 Å². The molecule has 0 aliphatic rings. The van der Waals surface area contributed by atoms with E-state index in [9.17, 15) is 0 Å². The molecule has 0 heterocycles. The van der Waals surface area contributed by atoms with Crippen molar-refractivity contribution >= 4 is 0 Å². The van der Waals surface area contributed by atoms with Gasteiger partial charge in [-0.3, -0.25) is 5.73 Å². The van der Waals surface area contributed by atoms with Crippen LogP contribution in [0.4, 0.5) is 0 Å². The molecule has 0 saturated carbocycles. The minimum Gasteiger partial charge on any atom is -0.258 e. The summed E-state index contributed by atoms with van der Waals surface area (Å²) in [6, 6.07) is 0. The van der Waals surface area contributed by atoms with Crippen molar-refractivity contribution in [2.75, 3.05) is 6.54 Å². The van der Waals surface area contributed by atoms with Gasteiger partial charge in [-0.25, -0.2) is 0 Å². The third-order valence-electron chi connectivity index (χ3n) is 1.30. The summed E-state index contributed by atoms with van der Waals surface area (Å²) in [6.45, 7) is 6.41. The minimum absolute atomic E-state index is 0.569. The molecule has 0 aliphatic heterocycles. The summed E-state index contributed by atoms with van der Waals surface area (Å²) in [4.78, 5) is 0. The van der Waals surface area contributed by atoms with Gasteiger partial charge in [0, 0.05) is 6.54 Å². The average molecular weight is 113 g/mol. The van der Waals surface area contributed by atoms with Crippen LogP contribution >= 0.6 is 0 Å². The zero-order valence-electron chi connectivity index (χ0n) is 5.61. The van der Waals surface area contributed by atoms with Crippen LogP contribution in [0.3, 0.4) is 0 Å². The molecule has 1 unspecified atom stereocenters. The van der Waals surface area contributed by atoms with E-state index in [1.54, 1.807) is 0 Å². The maximum Gasteiger partial charge on any atom is 0.0125 e. The number of hydrogen-bond acceptors (Lipinski definition) is 0. The van der Waals surface area contributed by atoms with Gasteiger partial charge >= 0.3 is 0 Å². The van der Waals surface area contributed by atoms with Crippen LogP contribution in [0.25, 0.3) is 0 Å². The highest BCUT2D eigenvalue weighted by molar-refractivity contribution is 4.52. The molecule has 0 aromatic heterocycles. The van der Waals surface area contributed by atoms with Crippen LogP contribution in [0.1, 0.15) is 26.2 Å². The molecular formula is C7H15N. The van der Waals surface area contributed by atoms with Gasteiger partial charge in [0.05, 0.1) is 0 Å². The Bertz CT molecular complexity index is 43.7. The first kappa shape index (κ1) is 7.96. The van der Waals surface area contributed by atoms with Crippen LogP contribution in [0.5, 0.6) is 0 Å². The third kappa shape index (κ3) is 4.13. The quantitative estimate of drug-likeness (QED) is 0.532. The van der Waals surface area contributed by atoms with Gasteiger partial charge in [0.15, 0.2) is 0 Å². The second-order valence-electron chi connectivity index (χ2n) is 2.31. The Morgan fingerprint density at radius 1 is 1.62 bits per heavy atom. The summed E-state index contributed by atoms with van der Waals surface area (Å²) in [5, 5.41) is 0. The molecule has 1 atom stereocenters. The lowest BCUT2D eigenvalue weighted by molar-refractivity contribution is 0.517. The predicted molar refractivity (Wildman–Crippen MR) is 36.3 cm³/mol. The van der Waals surface area contributed by atoms with Gasteiger partial charge in [0.2, 0.25) is 0 Å². The molecule has 0 aromatic rings. The SMILES string of the molecule is [CH2]CCCC(C)C[NH]. The molecule has 0 aromatic carbocycles. The maximum atomic E-state index is 6.97. The molecule has 1 heteroatoms. The van der Waals surface area contributed by atoms with Crippen LogP contribution in [0.15, 0.2) is 0 Å². The van der Waals surface area contributed by atoms with Crippen molar-refractivity contribution in [2.24, 2.45) is 5.92 Å². The number of nitrogens with one attached hydrogen (secondary N) is 1. The predicted octanol–water partition coefficient (Wildman–Crippen LogP) is 1.91. The van der Waals surface area contributed by atoms with Gasteiger partial charge in [0.1, 0.15) is 0 Å². The number of hydrogen-bond donors (Lipinski definition) is 0. The Balaban J connectivity index is 2.86. The monoisotopic (exact) mass is 113 g/mol. The molecule has 0 rings (SSSR count). The normalized spacial score (nSPS) is 13.9. The second-order valence-corrected chi connectivity index (χ2v) is 2.31. The van der Waals surface area contributed by atoms with E-state index in [0.717, 1.165) is 6.42 Å². The first-order valence-corrected chi connectivity index (χ1v) is 3.25. The lowest BCUT2D eigenvalue weighted by atomic mass is 10.1. The lowest BCUT2D eigenvalue weighted by Crippen LogP contribution is -2.00. The van der Waals surface area contributed by atoms with Crippen molar-refractivity contribution in [3.63, 3.8) is 0 Å². The van der Waals surface area contributed by atoms with Crippen molar-refractivity contribution in [2.45, 2.75) is 26.2 Å². The van der Waals surface area contributed by atoms with E-state index in [4.69, 9.17) is 5.73 Å². The zero-order chi connectivity index (χ0) is 6.41. The van der Waals surface area contributed by atoms with E-state index in [1.807, 2.05) is 0 Å². The Morgan fingerprint density at radius 3 is 2.62 bits per heavy atom. The molecular weight excluding hydrogens is 98.1 g/mol. The van der Waals surface area contributed by atoms with Crippen LogP contribution in [0.2, 0.25) is 0 Å². The van der Waals surface area contributed by atoms with Gasteiger partial charge in [-0.1, -0.05) is 26.7 Å². The van der Waals surface area contributed by atoms with Gasteiger partial charge < -0.3 is 0 Å². The molecule has 48 valence electrons. The lowest BCUT2D eigenvalue weighted by Gasteiger charge is -2.03. The molecule has 1 nitrogen and oxygen atoms in total. The van der Waals surface area contributed by atoms with Crippen molar-refractivity contribution < 1.29 is 0 Å². The molecule has 0 saturated heterocycles. The number of unbranched alkanes of at least 4 members (excludes halogenated alkanes) is 1. The first-order valence-electron chi connectivity index (χ1n) is 3.25. The van der Waals surface area contributed by atoms with E-state index in [-0.39, 0.29) is 0 Å². The van der Waals surface area contributed by atoms with Crippen LogP contribution in [-0.4, -0.2) is 6.54 Å². The van der Waals surface area contributed by atoms with Crippen molar-refractivity contribution in [1.82, 2.24) is 5.73 Å². The Kier molecular flexibility index (Phi) is 5.08. The summed E-state index contributed by atoms with van der Waals surface area (Å²) in [5.74, 6) is 0.580. The van der Waals surface area contributed by atoms with E-state index < -0.39 is 0 Å². The molecule has 0 fully saturated rings. The van der Waals surface area contributed by atoms with Gasteiger partial charge in [-0.05, 0) is 12.3 Å². The largest absolute Gasteiger partial charge is 0.258 e. The first-order chi connectivity index (χ1) is 3.81. The van der Waals surface area contributed by atoms with E-state index in [2.05, 4.69) is 13.8 Å². The van der Waals surface area contributed by atoms with Gasteiger partial charge in [-0.2, -0.15) is 0 Å². The van der Waals surface area contributed by atoms with Gasteiger partial charge in [0.25, 0.3) is 0 Å². The maximum absolute atomic E-state index is 6.97. The Labute approximate surface area is 52.3 Å². The molecule has 1 N–H and O–H groups in total. The highest BCUT2D eigenvalue weighted by Crippen LogP contribution is 2.04. The smallest absolute Gasteiger partial charge is 0.0125 e. The van der Waals surface area contributed by atoms with Crippen molar-refractivity contribution in [3.05, 3.63) is 6.92 Å². The fraction of sp³-hybridized carbons (Fsp3) is 0.857. The molecule has 0 bridgehead atoms. The fourth-order valence-electron chi connectivity index (χ4n) is 0.595. The van der Waals surface area contributed by atoms with Crippen LogP contribution < -0.4 is 5.73 Å². The Hall–Kier alpha value is -0.0400. The molecule has 2 radical (unpaired) electrons. The summed E-state index contributed by atoms with van der Waals surface area (Å²) in [5.41, 5.74) is 6.97. The Morgan fingerprint density at radius 2 is 2.25 bits per heavy atom. The van der Waals surface area contributed by atoms with Crippen LogP contribution in [0, 0.1) is 12.8 Å². The average Bonchev–Trinajstić information content (AvgIpc) is 1.83. The highest BCUT2D eigenvalue weighted by Gasteiger charge is 1.95. The summed E-state index contributed by atoms with van der Waals surface area (Å²) in [6.07, 6.45) is 3.37. The topological polar surface area (TPSA) is 23.8 Å². The summed E-state index contributed by atoms with van der Waals surface area (Å²) < 4.78 is 0. The standard InChI is InChI=1S/C7H15N/c1-3-4-5-7(2)6-8/h7-8H,1,3-6H2,2H3. The summed E-state index contributed by atoms with van der Waals surface area (Å²) in [7, 11) is 0. The van der Waals surface area contributed by atoms with Gasteiger partial charge in [-0.15, -0.1) is 0 Å². The third-order valence-corrected chi connectivity index (χ3v) is 1.30. The highest BCUT2D eigenvalue weighted by atomic mass is 14.5.